The summed E-state index contributed by atoms with van der Waals surface area (Å²) in [5.74, 6) is -2.45. The van der Waals surface area contributed by atoms with Crippen LogP contribution in [0.3, 0.4) is 0 Å². The first kappa shape index (κ1) is 17.8. The number of carboxylic acids is 1. The fraction of sp³-hybridized carbons (Fsp3) is 0.538. The Balaban J connectivity index is 0.00000192. The monoisotopic (exact) mass is 331 g/mol. The largest absolute Gasteiger partial charge is 1.00 e. The molecule has 0 bridgehead atoms. The number of likely N-dealkylation sites (tertiary alicyclic amines) is 1. The Morgan fingerprint density at radius 3 is 2.57 bits per heavy atom. The van der Waals surface area contributed by atoms with Crippen molar-refractivity contribution in [2.75, 3.05) is 13.2 Å². The number of rotatable bonds is 3. The molecule has 3 aliphatic heterocycles. The maximum Gasteiger partial charge on any atom is 1.00 e. The Bertz CT molecular complexity index is 633. The maximum absolute atomic E-state index is 12.2. The molecule has 0 aromatic carbocycles. The summed E-state index contributed by atoms with van der Waals surface area (Å²) in [6, 6.07) is -1.08. The van der Waals surface area contributed by atoms with Crippen molar-refractivity contribution in [2.45, 2.75) is 25.4 Å². The number of carbonyl (C=O) groups is 4. The Labute approximate surface area is 153 Å². The smallest absolute Gasteiger partial charge is 0.543 e. The van der Waals surface area contributed by atoms with Gasteiger partial charge in [0.15, 0.2) is 0 Å². The Morgan fingerprint density at radius 1 is 1.39 bits per heavy atom. The Kier molecular flexibility index (Phi) is 4.74. The van der Waals surface area contributed by atoms with Gasteiger partial charge in [0.1, 0.15) is 12.6 Å². The number of carbonyl (C=O) groups excluding carboxylic acids is 4. The van der Waals surface area contributed by atoms with E-state index in [1.54, 1.807) is 0 Å². The zero-order chi connectivity index (χ0) is 16.2. The van der Waals surface area contributed by atoms with E-state index in [1.807, 2.05) is 0 Å². The quantitative estimate of drug-likeness (QED) is 0.405. The number of hydrogen-bond donors (Lipinski definition) is 1. The minimum absolute atomic E-state index is 0. The number of β-lactam (4-membered cyclic amide) rings is 1. The van der Waals surface area contributed by atoms with Gasteiger partial charge in [-0.25, -0.2) is 4.79 Å². The standard InChI is InChI=1S/C13H15N3O6.Na/c1-5(17)15-3-2-6-7(4-22-13(14)21)9(12(19)20)16-8(6)10(15)11(16)18;/h6,8,10H,2-4H2,1H3,(H2,14,21)(H,19,20);/q;+1/p-1/t6?,8-,10+;/m1./s1. The zero-order valence-electron chi connectivity index (χ0n) is 12.8. The number of primary amides is 1. The van der Waals surface area contributed by atoms with E-state index in [-0.39, 0.29) is 53.7 Å². The summed E-state index contributed by atoms with van der Waals surface area (Å²) in [5.41, 5.74) is 4.97. The van der Waals surface area contributed by atoms with Crippen molar-refractivity contribution < 1.29 is 58.6 Å². The van der Waals surface area contributed by atoms with E-state index in [4.69, 9.17) is 10.5 Å². The predicted octanol–water partition coefficient (Wildman–Crippen LogP) is -5.45. The summed E-state index contributed by atoms with van der Waals surface area (Å²) in [6.45, 7) is 1.42. The molecule has 23 heavy (non-hydrogen) atoms. The molecule has 1 unspecified atom stereocenters. The van der Waals surface area contributed by atoms with Gasteiger partial charge in [-0.1, -0.05) is 0 Å². The molecule has 3 heterocycles. The van der Waals surface area contributed by atoms with Gasteiger partial charge in [-0.2, -0.15) is 0 Å². The van der Waals surface area contributed by atoms with Crippen LogP contribution in [-0.2, 0) is 19.1 Å². The van der Waals surface area contributed by atoms with Gasteiger partial charge in [0.05, 0.1) is 17.7 Å². The summed E-state index contributed by atoms with van der Waals surface area (Å²) in [6.07, 6.45) is -0.540. The molecule has 118 valence electrons. The number of aliphatic carboxylic acids is 1. The van der Waals surface area contributed by atoms with Crippen molar-refractivity contribution in [1.82, 2.24) is 9.80 Å². The molecule has 0 radical (unpaired) electrons. The number of ether oxygens (including phenoxy) is 1. The third kappa shape index (κ3) is 2.52. The first-order chi connectivity index (χ1) is 10.3. The fourth-order valence-electron chi connectivity index (χ4n) is 3.68. The molecule has 0 aliphatic carbocycles. The molecule has 10 heteroatoms. The molecule has 3 aliphatic rings. The van der Waals surface area contributed by atoms with Gasteiger partial charge in [0, 0.05) is 19.4 Å². The minimum atomic E-state index is -1.50. The van der Waals surface area contributed by atoms with E-state index in [0.29, 0.717) is 18.5 Å². The summed E-state index contributed by atoms with van der Waals surface area (Å²) < 4.78 is 4.70. The molecule has 2 N–H and O–H groups in total. The van der Waals surface area contributed by atoms with Crippen molar-refractivity contribution >= 4 is 23.9 Å². The minimum Gasteiger partial charge on any atom is -0.543 e. The van der Waals surface area contributed by atoms with Crippen molar-refractivity contribution in [3.05, 3.63) is 11.3 Å². The van der Waals surface area contributed by atoms with Crippen molar-refractivity contribution in [3.63, 3.8) is 0 Å². The van der Waals surface area contributed by atoms with Crippen LogP contribution in [-0.4, -0.2) is 58.9 Å². The van der Waals surface area contributed by atoms with Gasteiger partial charge >= 0.3 is 35.7 Å². The number of nitrogens with zero attached hydrogens (tertiary/aromatic N) is 2. The first-order valence-corrected chi connectivity index (χ1v) is 6.81. The Hall–Kier alpha value is -1.58. The summed E-state index contributed by atoms with van der Waals surface area (Å²) in [7, 11) is 0. The van der Waals surface area contributed by atoms with Crippen LogP contribution < -0.4 is 40.4 Å². The zero-order valence-corrected chi connectivity index (χ0v) is 14.8. The molecule has 0 saturated carbocycles. The predicted molar refractivity (Wildman–Crippen MR) is 67.5 cm³/mol. The molecule has 3 rings (SSSR count). The molecule has 0 aromatic rings. The van der Waals surface area contributed by atoms with E-state index < -0.39 is 30.1 Å². The van der Waals surface area contributed by atoms with Crippen LogP contribution in [0.1, 0.15) is 13.3 Å². The van der Waals surface area contributed by atoms with Gasteiger partial charge in [0.2, 0.25) is 5.91 Å². The topological polar surface area (TPSA) is 133 Å². The molecule has 9 nitrogen and oxygen atoms in total. The number of hydrogen-bond acceptors (Lipinski definition) is 6. The molecule has 2 saturated heterocycles. The maximum atomic E-state index is 12.2. The number of carboxylic acid groups (broad SMARTS) is 1. The number of amides is 3. The van der Waals surface area contributed by atoms with Gasteiger partial charge in [-0.15, -0.1) is 0 Å². The molecule has 2 fully saturated rings. The Morgan fingerprint density at radius 2 is 2.04 bits per heavy atom. The average Bonchev–Trinajstić information content (AvgIpc) is 2.76. The second-order valence-corrected chi connectivity index (χ2v) is 5.52. The van der Waals surface area contributed by atoms with E-state index >= 15 is 0 Å². The average molecular weight is 331 g/mol. The van der Waals surface area contributed by atoms with Crippen molar-refractivity contribution in [3.8, 4) is 0 Å². The van der Waals surface area contributed by atoms with Gasteiger partial charge < -0.3 is 30.2 Å². The second kappa shape index (κ2) is 6.14. The number of nitrogens with two attached hydrogens (primary N) is 1. The molecule has 0 aromatic heterocycles. The van der Waals surface area contributed by atoms with Gasteiger partial charge in [-0.3, -0.25) is 9.59 Å². The normalized spacial score (nSPS) is 27.9. The molecular formula is C13H14N3NaO6. The van der Waals surface area contributed by atoms with Crippen LogP contribution in [0.25, 0.3) is 0 Å². The second-order valence-electron chi connectivity index (χ2n) is 5.52. The molecule has 3 amide bonds. The summed E-state index contributed by atoms with van der Waals surface area (Å²) in [5, 5.41) is 11.4. The van der Waals surface area contributed by atoms with E-state index in [2.05, 4.69) is 0 Å². The van der Waals surface area contributed by atoms with Crippen LogP contribution in [0, 0.1) is 5.92 Å². The number of piperidine rings is 1. The van der Waals surface area contributed by atoms with E-state index in [1.165, 1.54) is 11.8 Å². The van der Waals surface area contributed by atoms with Crippen LogP contribution >= 0.6 is 0 Å². The molecule has 0 spiro atoms. The third-order valence-corrected chi connectivity index (χ3v) is 4.50. The van der Waals surface area contributed by atoms with Gasteiger partial charge in [0.25, 0.3) is 5.91 Å². The van der Waals surface area contributed by atoms with Gasteiger partial charge in [-0.05, 0) is 12.0 Å². The summed E-state index contributed by atoms with van der Waals surface area (Å²) >= 11 is 0. The molecule has 3 atom stereocenters. The van der Waals surface area contributed by atoms with Crippen LogP contribution in [0.5, 0.6) is 0 Å². The van der Waals surface area contributed by atoms with Crippen LogP contribution in [0.4, 0.5) is 4.79 Å². The summed E-state index contributed by atoms with van der Waals surface area (Å²) in [4.78, 5) is 48.6. The molecular weight excluding hydrogens is 317 g/mol. The SMILES string of the molecule is CC(=O)N1CCC2C(COC(N)=O)=C(C(=O)[O-])N3C(=O)[C@@H]1[C@@H]23.[Na+]. The van der Waals surface area contributed by atoms with Crippen molar-refractivity contribution in [1.29, 1.82) is 0 Å². The third-order valence-electron chi connectivity index (χ3n) is 4.50. The van der Waals surface area contributed by atoms with Crippen LogP contribution in [0.15, 0.2) is 11.3 Å². The fourth-order valence-corrected chi connectivity index (χ4v) is 3.68. The van der Waals surface area contributed by atoms with Crippen molar-refractivity contribution in [2.24, 2.45) is 11.7 Å². The first-order valence-electron chi connectivity index (χ1n) is 6.81. The van der Waals surface area contributed by atoms with E-state index in [9.17, 15) is 24.3 Å². The van der Waals surface area contributed by atoms with E-state index in [0.717, 1.165) is 4.90 Å². The van der Waals surface area contributed by atoms with Crippen LogP contribution in [0.2, 0.25) is 0 Å².